The van der Waals surface area contributed by atoms with Crippen LogP contribution in [-0.4, -0.2) is 65.5 Å². The number of nitrogens with zero attached hydrogens (tertiary/aromatic N) is 4. The van der Waals surface area contributed by atoms with Gasteiger partial charge in [0.25, 0.3) is 0 Å². The Morgan fingerprint density at radius 3 is 3.00 bits per heavy atom. The van der Waals surface area contributed by atoms with Crippen molar-refractivity contribution in [1.82, 2.24) is 14.7 Å². The van der Waals surface area contributed by atoms with Crippen molar-refractivity contribution >= 4 is 22.8 Å². The molecule has 0 saturated carbocycles. The van der Waals surface area contributed by atoms with Crippen LogP contribution in [0.2, 0.25) is 0 Å². The number of amidine groups is 1. The minimum absolute atomic E-state index is 0.191. The molecular formula is C20H26N4OS. The Morgan fingerprint density at radius 2 is 2.15 bits per heavy atom. The maximum Gasteiger partial charge on any atom is 0.228 e. The third kappa shape index (κ3) is 3.53. The van der Waals surface area contributed by atoms with Crippen molar-refractivity contribution in [2.45, 2.75) is 31.8 Å². The van der Waals surface area contributed by atoms with Crippen molar-refractivity contribution in [3.05, 3.63) is 46.5 Å². The Morgan fingerprint density at radius 1 is 1.35 bits per heavy atom. The number of hydrogen-bond donors (Lipinski definition) is 0. The van der Waals surface area contributed by atoms with Crippen LogP contribution in [0.25, 0.3) is 0 Å². The fourth-order valence-corrected chi connectivity index (χ4v) is 4.86. The van der Waals surface area contributed by atoms with Crippen molar-refractivity contribution in [1.29, 1.82) is 0 Å². The van der Waals surface area contributed by atoms with Gasteiger partial charge in [-0.2, -0.15) is 0 Å². The number of carbonyl (C=O) groups excluding carboxylic acids is 1. The quantitative estimate of drug-likeness (QED) is 0.817. The molecule has 3 aliphatic heterocycles. The van der Waals surface area contributed by atoms with Gasteiger partial charge in [-0.15, -0.1) is 0 Å². The van der Waals surface area contributed by atoms with Gasteiger partial charge in [-0.25, -0.2) is 0 Å². The highest BCUT2D eigenvalue weighted by molar-refractivity contribution is 8.16. The van der Waals surface area contributed by atoms with Gasteiger partial charge in [-0.1, -0.05) is 36.0 Å². The first-order valence-corrected chi connectivity index (χ1v) is 10.2. The lowest BCUT2D eigenvalue weighted by Gasteiger charge is -2.36. The summed E-state index contributed by atoms with van der Waals surface area (Å²) in [6, 6.07) is 9.01. The molecular weight excluding hydrogens is 344 g/mol. The lowest BCUT2D eigenvalue weighted by Crippen LogP contribution is -2.46. The van der Waals surface area contributed by atoms with Crippen LogP contribution >= 0.6 is 11.8 Å². The Bertz CT molecular complexity index is 760. The molecule has 1 aromatic rings. The molecule has 0 radical (unpaired) electrons. The lowest BCUT2D eigenvalue weighted by atomic mass is 9.94. The van der Waals surface area contributed by atoms with Crippen molar-refractivity contribution in [2.24, 2.45) is 4.99 Å². The summed E-state index contributed by atoms with van der Waals surface area (Å²) in [4.78, 5) is 23.8. The number of benzene rings is 1. The first-order valence-electron chi connectivity index (χ1n) is 9.30. The summed E-state index contributed by atoms with van der Waals surface area (Å²) in [5.74, 6) is 0.191. The van der Waals surface area contributed by atoms with E-state index in [-0.39, 0.29) is 5.91 Å². The third-order valence-electron chi connectivity index (χ3n) is 5.52. The van der Waals surface area contributed by atoms with Gasteiger partial charge in [0.05, 0.1) is 6.42 Å². The number of carbonyl (C=O) groups is 1. The van der Waals surface area contributed by atoms with E-state index in [2.05, 4.69) is 51.5 Å². The lowest BCUT2D eigenvalue weighted by molar-refractivity contribution is -0.130. The predicted molar refractivity (Wildman–Crippen MR) is 107 cm³/mol. The monoisotopic (exact) mass is 370 g/mol. The second-order valence-corrected chi connectivity index (χ2v) is 8.23. The van der Waals surface area contributed by atoms with Crippen LogP contribution in [0.4, 0.5) is 0 Å². The first-order chi connectivity index (χ1) is 12.6. The van der Waals surface area contributed by atoms with Crippen molar-refractivity contribution in [3.63, 3.8) is 0 Å². The molecule has 0 bridgehead atoms. The molecule has 3 aliphatic rings. The molecule has 0 aliphatic carbocycles. The molecule has 0 spiro atoms. The Hall–Kier alpha value is -1.79. The average molecular weight is 371 g/mol. The Balaban J connectivity index is 1.36. The van der Waals surface area contributed by atoms with Crippen LogP contribution in [0.15, 0.2) is 40.4 Å². The van der Waals surface area contributed by atoms with E-state index in [0.717, 1.165) is 49.9 Å². The molecule has 0 fully saturated rings. The zero-order valence-electron chi connectivity index (χ0n) is 15.5. The summed E-state index contributed by atoms with van der Waals surface area (Å²) in [5.41, 5.74) is 3.93. The summed E-state index contributed by atoms with van der Waals surface area (Å²) >= 11 is 1.65. The summed E-state index contributed by atoms with van der Waals surface area (Å²) in [7, 11) is 4.09. The van der Waals surface area contributed by atoms with Crippen LogP contribution in [0.5, 0.6) is 0 Å². The van der Waals surface area contributed by atoms with Gasteiger partial charge in [0.1, 0.15) is 0 Å². The first kappa shape index (κ1) is 17.6. The summed E-state index contributed by atoms with van der Waals surface area (Å²) < 4.78 is 0. The zero-order valence-corrected chi connectivity index (χ0v) is 16.3. The Labute approximate surface area is 159 Å². The van der Waals surface area contributed by atoms with Gasteiger partial charge in [0, 0.05) is 45.0 Å². The minimum atomic E-state index is 0.191. The number of likely N-dealkylation sites (N-methyl/N-ethyl adjacent to an activating group) is 2. The highest BCUT2D eigenvalue weighted by atomic mass is 32.2. The molecule has 1 aromatic carbocycles. The fourth-order valence-electron chi connectivity index (χ4n) is 3.90. The maximum atomic E-state index is 12.8. The molecule has 0 saturated heterocycles. The highest BCUT2D eigenvalue weighted by Crippen LogP contribution is 2.31. The van der Waals surface area contributed by atoms with E-state index in [9.17, 15) is 4.79 Å². The molecule has 4 rings (SSSR count). The molecule has 0 aromatic heterocycles. The number of aliphatic imine (C=N–C) groups is 1. The number of thioether (sulfide) groups is 1. The van der Waals surface area contributed by atoms with Crippen LogP contribution in [0.1, 0.15) is 24.0 Å². The molecule has 6 heteroatoms. The number of amides is 1. The zero-order chi connectivity index (χ0) is 18.1. The van der Waals surface area contributed by atoms with Gasteiger partial charge in [0.2, 0.25) is 5.91 Å². The van der Waals surface area contributed by atoms with Crippen molar-refractivity contribution in [3.8, 4) is 0 Å². The molecule has 1 unspecified atom stereocenters. The second kappa shape index (κ2) is 7.45. The fraction of sp³-hybridized carbons (Fsp3) is 0.500. The van der Waals surface area contributed by atoms with Crippen molar-refractivity contribution in [2.75, 3.05) is 33.7 Å². The van der Waals surface area contributed by atoms with Gasteiger partial charge < -0.3 is 9.80 Å². The molecule has 3 heterocycles. The average Bonchev–Trinajstić information content (AvgIpc) is 3.05. The summed E-state index contributed by atoms with van der Waals surface area (Å²) in [6.07, 6.45) is 2.54. The van der Waals surface area contributed by atoms with Gasteiger partial charge in [-0.05, 0) is 36.4 Å². The maximum absolute atomic E-state index is 12.8. The van der Waals surface area contributed by atoms with Crippen LogP contribution < -0.4 is 0 Å². The smallest absolute Gasteiger partial charge is 0.228 e. The topological polar surface area (TPSA) is 39.1 Å². The van der Waals surface area contributed by atoms with Crippen molar-refractivity contribution < 1.29 is 4.79 Å². The molecule has 138 valence electrons. The third-order valence-corrected chi connectivity index (χ3v) is 6.47. The summed E-state index contributed by atoms with van der Waals surface area (Å²) in [6.45, 7) is 3.61. The van der Waals surface area contributed by atoms with E-state index in [1.54, 1.807) is 11.8 Å². The van der Waals surface area contributed by atoms with Crippen LogP contribution in [-0.2, 0) is 17.8 Å². The molecule has 26 heavy (non-hydrogen) atoms. The van der Waals surface area contributed by atoms with Crippen LogP contribution in [0.3, 0.4) is 0 Å². The van der Waals surface area contributed by atoms with E-state index in [1.807, 2.05) is 11.9 Å². The molecule has 1 atom stereocenters. The number of hydrogen-bond acceptors (Lipinski definition) is 5. The van der Waals surface area contributed by atoms with Crippen LogP contribution in [0, 0.1) is 0 Å². The normalized spacial score (nSPS) is 22.4. The molecule has 1 amide bonds. The standard InChI is InChI=1S/C20H26N4OS/c1-22-12-16-7-4-3-6-15(16)10-17(22)13-23(2)19(25)11-18-14-26-20-21-8-5-9-24(18)20/h3-4,6-7,14,17H,5,8-13H2,1-2H3. The molecule has 0 N–H and O–H groups in total. The van der Waals surface area contributed by atoms with Gasteiger partial charge in [0.15, 0.2) is 5.17 Å². The van der Waals surface area contributed by atoms with Gasteiger partial charge >= 0.3 is 0 Å². The largest absolute Gasteiger partial charge is 0.344 e. The number of fused-ring (bicyclic) bond motifs is 2. The second-order valence-electron chi connectivity index (χ2n) is 7.39. The molecule has 5 nitrogen and oxygen atoms in total. The number of rotatable bonds is 4. The van der Waals surface area contributed by atoms with E-state index in [4.69, 9.17) is 0 Å². The van der Waals surface area contributed by atoms with E-state index in [1.165, 1.54) is 11.1 Å². The van der Waals surface area contributed by atoms with E-state index >= 15 is 0 Å². The van der Waals surface area contributed by atoms with E-state index < -0.39 is 0 Å². The SMILES string of the molecule is CN(CC1Cc2ccccc2CN1C)C(=O)CC1=CSC2=NCCCN12. The minimum Gasteiger partial charge on any atom is -0.344 e. The summed E-state index contributed by atoms with van der Waals surface area (Å²) in [5, 5.41) is 3.16. The highest BCUT2D eigenvalue weighted by Gasteiger charge is 2.29. The predicted octanol–water partition coefficient (Wildman–Crippen LogP) is 2.54. The van der Waals surface area contributed by atoms with Gasteiger partial charge in [-0.3, -0.25) is 14.7 Å². The Kier molecular flexibility index (Phi) is 5.05. The van der Waals surface area contributed by atoms with E-state index in [0.29, 0.717) is 12.5 Å².